The summed E-state index contributed by atoms with van der Waals surface area (Å²) in [5.74, 6) is 2.25. The van der Waals surface area contributed by atoms with Gasteiger partial charge in [-0.1, -0.05) is 16.8 Å². The lowest BCUT2D eigenvalue weighted by Crippen LogP contribution is -2.14. The van der Waals surface area contributed by atoms with E-state index < -0.39 is 0 Å². The summed E-state index contributed by atoms with van der Waals surface area (Å²) in [6.45, 7) is 4.14. The number of anilines is 1. The van der Waals surface area contributed by atoms with Gasteiger partial charge in [-0.25, -0.2) is 9.97 Å². The molecule has 1 aromatic carbocycles. The molecule has 0 saturated carbocycles. The average molecular weight is 423 g/mol. The summed E-state index contributed by atoms with van der Waals surface area (Å²) in [7, 11) is 0. The minimum absolute atomic E-state index is 0.141. The van der Waals surface area contributed by atoms with Crippen molar-refractivity contribution in [2.45, 2.75) is 20.3 Å². The van der Waals surface area contributed by atoms with Crippen LogP contribution in [0.15, 0.2) is 51.9 Å². The van der Waals surface area contributed by atoms with E-state index in [2.05, 4.69) is 30.4 Å². The Bertz CT molecular complexity index is 1220. The minimum atomic E-state index is -0.141. The van der Waals surface area contributed by atoms with Gasteiger partial charge >= 0.3 is 0 Å². The lowest BCUT2D eigenvalue weighted by Gasteiger charge is -2.06. The van der Waals surface area contributed by atoms with Crippen LogP contribution in [-0.2, 0) is 6.42 Å². The normalized spacial score (nSPS) is 10.9. The zero-order valence-electron chi connectivity index (χ0n) is 16.4. The first-order chi connectivity index (χ1) is 14.5. The molecule has 8 nitrogen and oxygen atoms in total. The fourth-order valence-corrected chi connectivity index (χ4v) is 2.92. The van der Waals surface area contributed by atoms with E-state index in [9.17, 15) is 4.79 Å². The molecule has 3 heterocycles. The van der Waals surface area contributed by atoms with Gasteiger partial charge in [-0.15, -0.1) is 0 Å². The number of hydrogen-bond donors (Lipinski definition) is 2. The molecule has 152 valence electrons. The number of benzene rings is 1. The highest BCUT2D eigenvalue weighted by Gasteiger charge is 2.09. The quantitative estimate of drug-likeness (QED) is 0.486. The van der Waals surface area contributed by atoms with Gasteiger partial charge in [0.1, 0.15) is 11.6 Å². The van der Waals surface area contributed by atoms with Crippen molar-refractivity contribution in [2.24, 2.45) is 0 Å². The molecule has 0 spiro atoms. The number of rotatable bonds is 6. The van der Waals surface area contributed by atoms with Gasteiger partial charge in [0.15, 0.2) is 0 Å². The molecule has 4 rings (SSSR count). The lowest BCUT2D eigenvalue weighted by atomic mass is 10.2. The molecule has 0 saturated heterocycles. The van der Waals surface area contributed by atoms with Gasteiger partial charge in [0.25, 0.3) is 5.56 Å². The maximum absolute atomic E-state index is 11.9. The number of aromatic amines is 1. The topological polar surface area (TPSA) is 110 Å². The SMILES string of the molecule is Cc1nc(-c2ccc(NCCc3nc(-c4ccc(Cl)cc4)no3)nc2)[nH]c(=O)c1C. The lowest BCUT2D eigenvalue weighted by molar-refractivity contribution is 0.381. The van der Waals surface area contributed by atoms with Crippen LogP contribution in [0.4, 0.5) is 5.82 Å². The number of H-pyrrole nitrogens is 1. The Balaban J connectivity index is 1.36. The molecule has 0 bridgehead atoms. The van der Waals surface area contributed by atoms with E-state index in [0.717, 1.165) is 11.1 Å². The fourth-order valence-electron chi connectivity index (χ4n) is 2.79. The predicted molar refractivity (Wildman–Crippen MR) is 115 cm³/mol. The molecule has 4 aromatic rings. The number of pyridine rings is 1. The van der Waals surface area contributed by atoms with Gasteiger partial charge in [-0.05, 0) is 50.2 Å². The standard InChI is InChI=1S/C21H19ClN6O2/c1-12-13(2)25-19(27-21(12)29)15-5-8-17(24-11-15)23-10-9-18-26-20(28-30-18)14-3-6-16(22)7-4-14/h3-8,11H,9-10H2,1-2H3,(H,23,24)(H,25,27,29). The van der Waals surface area contributed by atoms with Crippen LogP contribution in [0.3, 0.4) is 0 Å². The van der Waals surface area contributed by atoms with Gasteiger partial charge in [-0.3, -0.25) is 4.79 Å². The van der Waals surface area contributed by atoms with Crippen molar-refractivity contribution in [1.82, 2.24) is 25.1 Å². The van der Waals surface area contributed by atoms with Gasteiger partial charge in [0.05, 0.1) is 0 Å². The van der Waals surface area contributed by atoms with E-state index in [-0.39, 0.29) is 5.56 Å². The Kier molecular flexibility index (Phi) is 5.58. The third-order valence-corrected chi connectivity index (χ3v) is 4.90. The van der Waals surface area contributed by atoms with Crippen molar-refractivity contribution < 1.29 is 4.52 Å². The summed E-state index contributed by atoms with van der Waals surface area (Å²) in [5, 5.41) is 7.87. The minimum Gasteiger partial charge on any atom is -0.370 e. The zero-order chi connectivity index (χ0) is 21.1. The molecule has 0 unspecified atom stereocenters. The molecule has 9 heteroatoms. The second-order valence-corrected chi connectivity index (χ2v) is 7.19. The fraction of sp³-hybridized carbons (Fsp3) is 0.190. The Morgan fingerprint density at radius 2 is 1.83 bits per heavy atom. The van der Waals surface area contributed by atoms with E-state index >= 15 is 0 Å². The number of nitrogens with one attached hydrogen (secondary N) is 2. The number of halogens is 1. The van der Waals surface area contributed by atoms with Crippen LogP contribution < -0.4 is 10.9 Å². The average Bonchev–Trinajstić information content (AvgIpc) is 3.21. The number of aryl methyl sites for hydroxylation is 1. The summed E-state index contributed by atoms with van der Waals surface area (Å²) < 4.78 is 5.30. The summed E-state index contributed by atoms with van der Waals surface area (Å²) in [4.78, 5) is 27.9. The highest BCUT2D eigenvalue weighted by molar-refractivity contribution is 6.30. The molecular formula is C21H19ClN6O2. The van der Waals surface area contributed by atoms with Crippen molar-refractivity contribution in [2.75, 3.05) is 11.9 Å². The Hall–Kier alpha value is -3.52. The predicted octanol–water partition coefficient (Wildman–Crippen LogP) is 3.81. The van der Waals surface area contributed by atoms with E-state index in [0.29, 0.717) is 52.6 Å². The van der Waals surface area contributed by atoms with Crippen molar-refractivity contribution in [3.8, 4) is 22.8 Å². The van der Waals surface area contributed by atoms with Gasteiger partial charge in [-0.2, -0.15) is 4.98 Å². The maximum atomic E-state index is 11.9. The Morgan fingerprint density at radius 1 is 1.07 bits per heavy atom. The molecule has 0 radical (unpaired) electrons. The van der Waals surface area contributed by atoms with E-state index in [4.69, 9.17) is 16.1 Å². The summed E-state index contributed by atoms with van der Waals surface area (Å²) in [6, 6.07) is 10.9. The van der Waals surface area contributed by atoms with Crippen LogP contribution in [0.1, 0.15) is 17.1 Å². The summed E-state index contributed by atoms with van der Waals surface area (Å²) >= 11 is 5.90. The first-order valence-corrected chi connectivity index (χ1v) is 9.74. The van der Waals surface area contributed by atoms with E-state index in [1.54, 1.807) is 25.3 Å². The van der Waals surface area contributed by atoms with Crippen LogP contribution in [0.2, 0.25) is 5.02 Å². The Labute approximate surface area is 177 Å². The van der Waals surface area contributed by atoms with Crippen molar-refractivity contribution in [3.63, 3.8) is 0 Å². The Morgan fingerprint density at radius 3 is 2.53 bits per heavy atom. The highest BCUT2D eigenvalue weighted by atomic mass is 35.5. The monoisotopic (exact) mass is 422 g/mol. The maximum Gasteiger partial charge on any atom is 0.254 e. The summed E-state index contributed by atoms with van der Waals surface area (Å²) in [6.07, 6.45) is 2.22. The zero-order valence-corrected chi connectivity index (χ0v) is 17.2. The molecule has 30 heavy (non-hydrogen) atoms. The number of nitrogens with zero attached hydrogens (tertiary/aromatic N) is 4. The van der Waals surface area contributed by atoms with Crippen molar-refractivity contribution in [1.29, 1.82) is 0 Å². The van der Waals surface area contributed by atoms with Crippen molar-refractivity contribution in [3.05, 3.63) is 75.1 Å². The first kappa shape index (κ1) is 19.8. The third-order valence-electron chi connectivity index (χ3n) is 4.65. The number of hydrogen-bond acceptors (Lipinski definition) is 7. The molecular weight excluding hydrogens is 404 g/mol. The van der Waals surface area contributed by atoms with E-state index in [1.807, 2.05) is 31.2 Å². The molecule has 3 aromatic heterocycles. The largest absolute Gasteiger partial charge is 0.370 e. The molecule has 0 aliphatic rings. The van der Waals surface area contributed by atoms with Crippen molar-refractivity contribution >= 4 is 17.4 Å². The molecule has 0 aliphatic heterocycles. The second kappa shape index (κ2) is 8.46. The molecule has 0 atom stereocenters. The van der Waals surface area contributed by atoms with Crippen LogP contribution in [0.25, 0.3) is 22.8 Å². The third kappa shape index (κ3) is 4.38. The molecule has 2 N–H and O–H groups in total. The molecule has 0 amide bonds. The van der Waals surface area contributed by atoms with E-state index in [1.165, 1.54) is 0 Å². The summed E-state index contributed by atoms with van der Waals surface area (Å²) in [5.41, 5.74) is 2.76. The first-order valence-electron chi connectivity index (χ1n) is 9.36. The van der Waals surface area contributed by atoms with Gasteiger partial charge < -0.3 is 14.8 Å². The molecule has 0 aliphatic carbocycles. The molecule has 0 fully saturated rings. The van der Waals surface area contributed by atoms with Crippen LogP contribution in [-0.4, -0.2) is 31.6 Å². The van der Waals surface area contributed by atoms with Crippen LogP contribution >= 0.6 is 11.6 Å². The van der Waals surface area contributed by atoms with Crippen LogP contribution in [0, 0.1) is 13.8 Å². The van der Waals surface area contributed by atoms with Gasteiger partial charge in [0, 0.05) is 46.6 Å². The highest BCUT2D eigenvalue weighted by Crippen LogP contribution is 2.19. The second-order valence-electron chi connectivity index (χ2n) is 6.75. The number of aromatic nitrogens is 5. The van der Waals surface area contributed by atoms with Gasteiger partial charge in [0.2, 0.25) is 11.7 Å². The van der Waals surface area contributed by atoms with Crippen LogP contribution in [0.5, 0.6) is 0 Å². The smallest absolute Gasteiger partial charge is 0.254 e.